The molecule has 2 N–H and O–H groups in total. The predicted molar refractivity (Wildman–Crippen MR) is 68.0 cm³/mol. The summed E-state index contributed by atoms with van der Waals surface area (Å²) in [7, 11) is 0. The number of aliphatic hydroxyl groups excluding tert-OH is 1. The number of hydrogen-bond acceptors (Lipinski definition) is 3. The average Bonchev–Trinajstić information content (AvgIpc) is 2.39. The lowest BCUT2D eigenvalue weighted by Crippen LogP contribution is -2.32. The molecule has 0 radical (unpaired) electrons. The van der Waals surface area contributed by atoms with Crippen molar-refractivity contribution in [2.75, 3.05) is 19.7 Å². The molecule has 1 aromatic carbocycles. The van der Waals surface area contributed by atoms with Gasteiger partial charge in [0.05, 0.1) is 18.8 Å². The molecule has 2 atom stereocenters. The van der Waals surface area contributed by atoms with Gasteiger partial charge in [-0.15, -0.1) is 0 Å². The Labute approximate surface area is 103 Å². The number of nitrogens with one attached hydrogen (secondary N) is 1. The third-order valence-electron chi connectivity index (χ3n) is 3.27. The maximum atomic E-state index is 9.48. The first-order valence-electron chi connectivity index (χ1n) is 6.39. The lowest BCUT2D eigenvalue weighted by atomic mass is 9.97. The molecule has 17 heavy (non-hydrogen) atoms. The maximum absolute atomic E-state index is 9.48. The first kappa shape index (κ1) is 12.6. The molecule has 1 aliphatic rings. The SMILES string of the molecule is CCC(O)CNCC1OCCc2ccccc21. The van der Waals surface area contributed by atoms with E-state index in [2.05, 4.69) is 29.6 Å². The molecule has 3 heteroatoms. The summed E-state index contributed by atoms with van der Waals surface area (Å²) in [6.07, 6.45) is 1.66. The van der Waals surface area contributed by atoms with Gasteiger partial charge in [-0.1, -0.05) is 31.2 Å². The highest BCUT2D eigenvalue weighted by molar-refractivity contribution is 5.31. The monoisotopic (exact) mass is 235 g/mol. The fourth-order valence-electron chi connectivity index (χ4n) is 2.17. The molecule has 2 rings (SSSR count). The van der Waals surface area contributed by atoms with Crippen LogP contribution in [0.3, 0.4) is 0 Å². The summed E-state index contributed by atoms with van der Waals surface area (Å²) in [5.41, 5.74) is 2.68. The van der Waals surface area contributed by atoms with Gasteiger partial charge in [0.1, 0.15) is 0 Å². The van der Waals surface area contributed by atoms with Gasteiger partial charge in [-0.05, 0) is 24.0 Å². The quantitative estimate of drug-likeness (QED) is 0.815. The van der Waals surface area contributed by atoms with Gasteiger partial charge in [0.2, 0.25) is 0 Å². The molecule has 0 saturated carbocycles. The normalized spacial score (nSPS) is 20.9. The van der Waals surface area contributed by atoms with Crippen molar-refractivity contribution in [3.63, 3.8) is 0 Å². The van der Waals surface area contributed by atoms with Crippen LogP contribution < -0.4 is 5.32 Å². The number of rotatable bonds is 5. The molecule has 0 spiro atoms. The van der Waals surface area contributed by atoms with Crippen molar-refractivity contribution in [1.82, 2.24) is 5.32 Å². The molecule has 0 amide bonds. The van der Waals surface area contributed by atoms with Crippen LogP contribution in [0.1, 0.15) is 30.6 Å². The lowest BCUT2D eigenvalue weighted by molar-refractivity contribution is 0.0400. The lowest BCUT2D eigenvalue weighted by Gasteiger charge is -2.26. The Kier molecular flexibility index (Phi) is 4.54. The van der Waals surface area contributed by atoms with Crippen molar-refractivity contribution in [1.29, 1.82) is 0 Å². The Bertz CT molecular complexity index is 354. The number of aliphatic hydroxyl groups is 1. The van der Waals surface area contributed by atoms with Crippen molar-refractivity contribution < 1.29 is 9.84 Å². The Balaban J connectivity index is 1.90. The highest BCUT2D eigenvalue weighted by Gasteiger charge is 2.19. The fourth-order valence-corrected chi connectivity index (χ4v) is 2.17. The minimum atomic E-state index is -0.256. The minimum Gasteiger partial charge on any atom is -0.392 e. The zero-order valence-corrected chi connectivity index (χ0v) is 10.4. The average molecular weight is 235 g/mol. The molecule has 94 valence electrons. The zero-order chi connectivity index (χ0) is 12.1. The van der Waals surface area contributed by atoms with Crippen molar-refractivity contribution in [3.8, 4) is 0 Å². The number of benzene rings is 1. The molecule has 1 aromatic rings. The topological polar surface area (TPSA) is 41.5 Å². The van der Waals surface area contributed by atoms with Gasteiger partial charge in [-0.2, -0.15) is 0 Å². The van der Waals surface area contributed by atoms with Gasteiger partial charge in [0.15, 0.2) is 0 Å². The van der Waals surface area contributed by atoms with E-state index in [9.17, 15) is 5.11 Å². The van der Waals surface area contributed by atoms with Gasteiger partial charge < -0.3 is 15.2 Å². The standard InChI is InChI=1S/C14H21NO2/c1-2-12(16)9-15-10-14-13-6-4-3-5-11(13)7-8-17-14/h3-6,12,14-16H,2,7-10H2,1H3. The van der Waals surface area contributed by atoms with Gasteiger partial charge in [-0.25, -0.2) is 0 Å². The molecule has 0 aliphatic carbocycles. The summed E-state index contributed by atoms with van der Waals surface area (Å²) in [6.45, 7) is 4.19. The predicted octanol–water partition coefficient (Wildman–Crippen LogP) is 1.66. The molecule has 3 nitrogen and oxygen atoms in total. The summed E-state index contributed by atoms with van der Waals surface area (Å²) in [4.78, 5) is 0. The van der Waals surface area contributed by atoms with Gasteiger partial charge in [0, 0.05) is 13.1 Å². The zero-order valence-electron chi connectivity index (χ0n) is 10.4. The Morgan fingerprint density at radius 1 is 1.47 bits per heavy atom. The van der Waals surface area contributed by atoms with E-state index in [1.807, 2.05) is 6.92 Å². The van der Waals surface area contributed by atoms with Crippen LogP contribution in [-0.2, 0) is 11.2 Å². The van der Waals surface area contributed by atoms with Crippen molar-refractivity contribution in [2.45, 2.75) is 32.0 Å². The molecule has 0 bridgehead atoms. The van der Waals surface area contributed by atoms with Crippen molar-refractivity contribution >= 4 is 0 Å². The van der Waals surface area contributed by atoms with Crippen molar-refractivity contribution in [2.24, 2.45) is 0 Å². The van der Waals surface area contributed by atoms with Crippen LogP contribution >= 0.6 is 0 Å². The van der Waals surface area contributed by atoms with Crippen LogP contribution in [0.25, 0.3) is 0 Å². The molecule has 0 aromatic heterocycles. The van der Waals surface area contributed by atoms with E-state index < -0.39 is 0 Å². The number of hydrogen-bond donors (Lipinski definition) is 2. The van der Waals surface area contributed by atoms with Crippen LogP contribution in [-0.4, -0.2) is 30.9 Å². The summed E-state index contributed by atoms with van der Waals surface area (Å²) in [5.74, 6) is 0. The Morgan fingerprint density at radius 3 is 3.12 bits per heavy atom. The van der Waals surface area contributed by atoms with Crippen LogP contribution in [0.2, 0.25) is 0 Å². The molecule has 0 saturated heterocycles. The smallest absolute Gasteiger partial charge is 0.0952 e. The van der Waals surface area contributed by atoms with E-state index in [0.717, 1.165) is 26.0 Å². The van der Waals surface area contributed by atoms with Gasteiger partial charge in [0.25, 0.3) is 0 Å². The van der Waals surface area contributed by atoms with E-state index in [-0.39, 0.29) is 12.2 Å². The molecule has 1 aliphatic heterocycles. The van der Waals surface area contributed by atoms with Crippen LogP contribution in [0, 0.1) is 0 Å². The third kappa shape index (κ3) is 3.28. The number of ether oxygens (including phenoxy) is 1. The van der Waals surface area contributed by atoms with Gasteiger partial charge in [-0.3, -0.25) is 0 Å². The Hall–Kier alpha value is -0.900. The van der Waals surface area contributed by atoms with E-state index >= 15 is 0 Å². The molecule has 1 heterocycles. The largest absolute Gasteiger partial charge is 0.392 e. The summed E-state index contributed by atoms with van der Waals surface area (Å²) in [5, 5.41) is 12.8. The number of fused-ring (bicyclic) bond motifs is 1. The van der Waals surface area contributed by atoms with Crippen LogP contribution in [0.15, 0.2) is 24.3 Å². The van der Waals surface area contributed by atoms with E-state index in [4.69, 9.17) is 4.74 Å². The maximum Gasteiger partial charge on any atom is 0.0952 e. The minimum absolute atomic E-state index is 0.129. The second kappa shape index (κ2) is 6.15. The molecular weight excluding hydrogens is 214 g/mol. The summed E-state index contributed by atoms with van der Waals surface area (Å²) < 4.78 is 5.78. The van der Waals surface area contributed by atoms with E-state index in [0.29, 0.717) is 6.54 Å². The van der Waals surface area contributed by atoms with E-state index in [1.54, 1.807) is 0 Å². The van der Waals surface area contributed by atoms with E-state index in [1.165, 1.54) is 11.1 Å². The highest BCUT2D eigenvalue weighted by atomic mass is 16.5. The first-order chi connectivity index (χ1) is 8.31. The van der Waals surface area contributed by atoms with Crippen molar-refractivity contribution in [3.05, 3.63) is 35.4 Å². The first-order valence-corrected chi connectivity index (χ1v) is 6.39. The third-order valence-corrected chi connectivity index (χ3v) is 3.27. The van der Waals surface area contributed by atoms with Gasteiger partial charge >= 0.3 is 0 Å². The highest BCUT2D eigenvalue weighted by Crippen LogP contribution is 2.26. The van der Waals surface area contributed by atoms with Crippen LogP contribution in [0.5, 0.6) is 0 Å². The Morgan fingerprint density at radius 2 is 2.29 bits per heavy atom. The molecule has 2 unspecified atom stereocenters. The summed E-state index contributed by atoms with van der Waals surface area (Å²) >= 11 is 0. The van der Waals surface area contributed by atoms with Crippen LogP contribution in [0.4, 0.5) is 0 Å². The second-order valence-electron chi connectivity index (χ2n) is 4.53. The summed E-state index contributed by atoms with van der Waals surface area (Å²) in [6, 6.07) is 8.44. The molecule has 0 fully saturated rings. The molecular formula is C14H21NO2. The second-order valence-corrected chi connectivity index (χ2v) is 4.53. The fraction of sp³-hybridized carbons (Fsp3) is 0.571.